The number of piperidine rings is 1. The monoisotopic (exact) mass is 388 g/mol. The van der Waals surface area contributed by atoms with Gasteiger partial charge in [-0.15, -0.1) is 0 Å². The second kappa shape index (κ2) is 9.14. The number of carbonyl (C=O) groups is 1. The van der Waals surface area contributed by atoms with Gasteiger partial charge in [0.25, 0.3) is 5.91 Å². The molecule has 7 nitrogen and oxygen atoms in total. The molecule has 0 bridgehead atoms. The van der Waals surface area contributed by atoms with E-state index in [4.69, 9.17) is 0 Å². The number of anilines is 3. The number of nitrogens with one attached hydrogen (secondary N) is 2. The first kappa shape index (κ1) is 18.9. The third kappa shape index (κ3) is 5.07. The van der Waals surface area contributed by atoms with E-state index in [1.54, 1.807) is 12.4 Å². The van der Waals surface area contributed by atoms with Crippen LogP contribution in [0.5, 0.6) is 0 Å². The van der Waals surface area contributed by atoms with Crippen molar-refractivity contribution in [2.75, 3.05) is 28.6 Å². The van der Waals surface area contributed by atoms with Gasteiger partial charge in [0.15, 0.2) is 0 Å². The van der Waals surface area contributed by atoms with Gasteiger partial charge in [-0.05, 0) is 55.7 Å². The van der Waals surface area contributed by atoms with Crippen molar-refractivity contribution in [2.45, 2.75) is 25.8 Å². The minimum atomic E-state index is -0.278. The number of hydrogen-bond acceptors (Lipinski definition) is 6. The molecule has 3 heterocycles. The van der Waals surface area contributed by atoms with Crippen LogP contribution in [-0.4, -0.2) is 33.9 Å². The number of pyridine rings is 1. The molecule has 7 heteroatoms. The van der Waals surface area contributed by atoms with Gasteiger partial charge in [0.05, 0.1) is 24.6 Å². The molecule has 1 fully saturated rings. The molecular formula is C22H24N6O. The lowest BCUT2D eigenvalue weighted by Crippen LogP contribution is -2.29. The maximum atomic E-state index is 12.4. The number of benzene rings is 1. The Kier molecular flexibility index (Phi) is 5.95. The molecule has 3 aromatic rings. The standard InChI is InChI=1S/C22H24N6O/c29-22(27-17-7-9-19(10-8-17)28-12-4-1-5-13-28)20-15-26-21(16-24-20)25-14-18-6-2-3-11-23-18/h2-3,6-11,15-16H,1,4-5,12-14H2,(H,25,26)(H,27,29). The molecule has 0 atom stereocenters. The number of aromatic nitrogens is 3. The van der Waals surface area contributed by atoms with Crippen LogP contribution in [0.3, 0.4) is 0 Å². The van der Waals surface area contributed by atoms with Gasteiger partial charge in [-0.1, -0.05) is 6.07 Å². The van der Waals surface area contributed by atoms with E-state index in [9.17, 15) is 4.79 Å². The zero-order valence-electron chi connectivity index (χ0n) is 16.2. The Hall–Kier alpha value is -3.48. The number of nitrogens with zero attached hydrogens (tertiary/aromatic N) is 4. The highest BCUT2D eigenvalue weighted by atomic mass is 16.1. The van der Waals surface area contributed by atoms with Gasteiger partial charge in [-0.2, -0.15) is 0 Å². The summed E-state index contributed by atoms with van der Waals surface area (Å²) in [6.07, 6.45) is 8.56. The van der Waals surface area contributed by atoms with Crippen LogP contribution in [0.15, 0.2) is 61.1 Å². The van der Waals surface area contributed by atoms with Crippen LogP contribution in [0.1, 0.15) is 35.4 Å². The lowest BCUT2D eigenvalue weighted by atomic mass is 10.1. The zero-order chi connectivity index (χ0) is 19.9. The van der Waals surface area contributed by atoms with E-state index in [-0.39, 0.29) is 11.6 Å². The average Bonchev–Trinajstić information content (AvgIpc) is 2.80. The number of rotatable bonds is 6. The molecule has 4 rings (SSSR count). The Balaban J connectivity index is 1.32. The normalized spacial score (nSPS) is 13.7. The quantitative estimate of drug-likeness (QED) is 0.670. The van der Waals surface area contributed by atoms with Gasteiger partial charge in [0.1, 0.15) is 11.5 Å². The Morgan fingerprint density at radius 2 is 1.76 bits per heavy atom. The molecule has 2 aromatic heterocycles. The van der Waals surface area contributed by atoms with Gasteiger partial charge < -0.3 is 15.5 Å². The van der Waals surface area contributed by atoms with E-state index in [0.29, 0.717) is 12.4 Å². The third-order valence-electron chi connectivity index (χ3n) is 4.91. The predicted molar refractivity (Wildman–Crippen MR) is 114 cm³/mol. The lowest BCUT2D eigenvalue weighted by molar-refractivity contribution is 0.102. The summed E-state index contributed by atoms with van der Waals surface area (Å²) in [6.45, 7) is 2.74. The Labute approximate surface area is 170 Å². The lowest BCUT2D eigenvalue weighted by Gasteiger charge is -2.28. The average molecular weight is 388 g/mol. The van der Waals surface area contributed by atoms with E-state index >= 15 is 0 Å². The SMILES string of the molecule is O=C(Nc1ccc(N2CCCCC2)cc1)c1cnc(NCc2ccccn2)cn1. The molecule has 1 aromatic carbocycles. The number of carbonyl (C=O) groups excluding carboxylic acids is 1. The molecule has 0 unspecified atom stereocenters. The van der Waals surface area contributed by atoms with Crippen LogP contribution in [0.25, 0.3) is 0 Å². The van der Waals surface area contributed by atoms with Crippen LogP contribution in [0, 0.1) is 0 Å². The molecule has 0 aliphatic carbocycles. The molecule has 1 aliphatic heterocycles. The van der Waals surface area contributed by atoms with Crippen LogP contribution in [0.2, 0.25) is 0 Å². The molecule has 1 saturated heterocycles. The fourth-order valence-corrected chi connectivity index (χ4v) is 3.32. The Morgan fingerprint density at radius 3 is 2.45 bits per heavy atom. The summed E-state index contributed by atoms with van der Waals surface area (Å²) in [5, 5.41) is 6.02. The second-order valence-corrected chi connectivity index (χ2v) is 7.01. The topological polar surface area (TPSA) is 83.0 Å². The first-order valence-electron chi connectivity index (χ1n) is 9.90. The summed E-state index contributed by atoms with van der Waals surface area (Å²) in [7, 11) is 0. The maximum Gasteiger partial charge on any atom is 0.275 e. The van der Waals surface area contributed by atoms with Crippen molar-refractivity contribution in [3.8, 4) is 0 Å². The zero-order valence-corrected chi connectivity index (χ0v) is 16.2. The summed E-state index contributed by atoms with van der Waals surface area (Å²) in [5.41, 5.74) is 3.12. The van der Waals surface area contributed by atoms with Crippen molar-refractivity contribution >= 4 is 23.1 Å². The van der Waals surface area contributed by atoms with Crippen molar-refractivity contribution < 1.29 is 4.79 Å². The van der Waals surface area contributed by atoms with Crippen molar-refractivity contribution in [1.82, 2.24) is 15.0 Å². The molecule has 0 radical (unpaired) electrons. The van der Waals surface area contributed by atoms with Crippen LogP contribution >= 0.6 is 0 Å². The fraction of sp³-hybridized carbons (Fsp3) is 0.273. The maximum absolute atomic E-state index is 12.4. The molecule has 2 N–H and O–H groups in total. The van der Waals surface area contributed by atoms with Gasteiger partial charge in [0.2, 0.25) is 0 Å². The highest BCUT2D eigenvalue weighted by Crippen LogP contribution is 2.22. The fourth-order valence-electron chi connectivity index (χ4n) is 3.32. The first-order valence-corrected chi connectivity index (χ1v) is 9.90. The van der Waals surface area contributed by atoms with Crippen LogP contribution < -0.4 is 15.5 Å². The minimum absolute atomic E-state index is 0.272. The second-order valence-electron chi connectivity index (χ2n) is 7.01. The summed E-state index contributed by atoms with van der Waals surface area (Å²) in [4.78, 5) is 27.5. The minimum Gasteiger partial charge on any atom is -0.372 e. The largest absolute Gasteiger partial charge is 0.372 e. The Morgan fingerprint density at radius 1 is 0.931 bits per heavy atom. The molecular weight excluding hydrogens is 364 g/mol. The van der Waals surface area contributed by atoms with Crippen molar-refractivity contribution in [1.29, 1.82) is 0 Å². The highest BCUT2D eigenvalue weighted by molar-refractivity contribution is 6.02. The molecule has 148 valence electrons. The van der Waals surface area contributed by atoms with Gasteiger partial charge in [-0.25, -0.2) is 9.97 Å². The van der Waals surface area contributed by atoms with Gasteiger partial charge >= 0.3 is 0 Å². The summed E-state index contributed by atoms with van der Waals surface area (Å²) in [6, 6.07) is 13.7. The van der Waals surface area contributed by atoms with Crippen molar-refractivity contribution in [3.05, 3.63) is 72.4 Å². The number of hydrogen-bond donors (Lipinski definition) is 2. The number of amides is 1. The first-order chi connectivity index (χ1) is 14.3. The van der Waals surface area contributed by atoms with Gasteiger partial charge in [0, 0.05) is 30.7 Å². The molecule has 0 spiro atoms. The van der Waals surface area contributed by atoms with Crippen molar-refractivity contribution in [2.24, 2.45) is 0 Å². The molecule has 29 heavy (non-hydrogen) atoms. The van der Waals surface area contributed by atoms with Crippen molar-refractivity contribution in [3.63, 3.8) is 0 Å². The van der Waals surface area contributed by atoms with Crippen LogP contribution in [-0.2, 0) is 6.54 Å². The summed E-state index contributed by atoms with van der Waals surface area (Å²) < 4.78 is 0. The summed E-state index contributed by atoms with van der Waals surface area (Å²) in [5.74, 6) is 0.317. The molecule has 1 amide bonds. The van der Waals surface area contributed by atoms with E-state index in [0.717, 1.165) is 24.5 Å². The van der Waals surface area contributed by atoms with E-state index in [1.165, 1.54) is 31.1 Å². The smallest absolute Gasteiger partial charge is 0.275 e. The molecule has 1 aliphatic rings. The molecule has 0 saturated carbocycles. The Bertz CT molecular complexity index is 922. The van der Waals surface area contributed by atoms with E-state index in [1.807, 2.05) is 30.3 Å². The third-order valence-corrected chi connectivity index (χ3v) is 4.91. The highest BCUT2D eigenvalue weighted by Gasteiger charge is 2.12. The predicted octanol–water partition coefficient (Wildman–Crippen LogP) is 3.73. The van der Waals surface area contributed by atoms with E-state index < -0.39 is 0 Å². The van der Waals surface area contributed by atoms with Crippen LogP contribution in [0.4, 0.5) is 17.2 Å². The van der Waals surface area contributed by atoms with Gasteiger partial charge in [-0.3, -0.25) is 9.78 Å². The summed E-state index contributed by atoms with van der Waals surface area (Å²) >= 11 is 0. The van der Waals surface area contributed by atoms with E-state index in [2.05, 4.69) is 42.6 Å².